The lowest BCUT2D eigenvalue weighted by molar-refractivity contribution is -0.120. The standard InChI is InChI=1S/C14H17N3OS/c1-9-5-6-10-11(8-9)17-14(16-10)19-12-4-2-3-7-15-13(12)18/h5-6,8,12H,2-4,7H2,1H3,(H,15,18)(H,16,17)/t12-/m0/s1. The Morgan fingerprint density at radius 1 is 1.37 bits per heavy atom. The number of aryl methyl sites for hydroxylation is 1. The molecule has 2 aromatic rings. The zero-order valence-electron chi connectivity index (χ0n) is 10.9. The van der Waals surface area contributed by atoms with Gasteiger partial charge in [-0.05, 0) is 37.5 Å². The fraction of sp³-hybridized carbons (Fsp3) is 0.429. The Kier molecular flexibility index (Phi) is 3.46. The van der Waals surface area contributed by atoms with Crippen LogP contribution < -0.4 is 5.32 Å². The Balaban J connectivity index is 1.82. The first kappa shape index (κ1) is 12.5. The number of aromatic amines is 1. The predicted octanol–water partition coefficient (Wildman–Crippen LogP) is 2.63. The summed E-state index contributed by atoms with van der Waals surface area (Å²) in [5.74, 6) is 0.138. The number of benzene rings is 1. The zero-order chi connectivity index (χ0) is 13.2. The summed E-state index contributed by atoms with van der Waals surface area (Å²) in [4.78, 5) is 19.8. The number of carbonyl (C=O) groups excluding carboxylic acids is 1. The van der Waals surface area contributed by atoms with E-state index in [1.54, 1.807) is 0 Å². The number of H-pyrrole nitrogens is 1. The van der Waals surface area contributed by atoms with Crippen LogP contribution in [0.4, 0.5) is 0 Å². The van der Waals surface area contributed by atoms with Gasteiger partial charge in [-0.25, -0.2) is 4.98 Å². The van der Waals surface area contributed by atoms with Crippen molar-refractivity contribution in [3.63, 3.8) is 0 Å². The minimum atomic E-state index is -0.0239. The summed E-state index contributed by atoms with van der Waals surface area (Å²) in [6.45, 7) is 2.86. The van der Waals surface area contributed by atoms with Crippen molar-refractivity contribution in [2.24, 2.45) is 0 Å². The summed E-state index contributed by atoms with van der Waals surface area (Å²) in [6.07, 6.45) is 3.09. The van der Waals surface area contributed by atoms with Crippen LogP contribution in [0.2, 0.25) is 0 Å². The Hall–Kier alpha value is -1.49. The number of fused-ring (bicyclic) bond motifs is 1. The molecule has 1 amide bonds. The minimum absolute atomic E-state index is 0.0239. The number of imidazole rings is 1. The molecule has 2 N–H and O–H groups in total. The van der Waals surface area contributed by atoms with Gasteiger partial charge in [0.15, 0.2) is 5.16 Å². The van der Waals surface area contributed by atoms with E-state index >= 15 is 0 Å². The van der Waals surface area contributed by atoms with Crippen LogP contribution in [-0.4, -0.2) is 27.7 Å². The molecule has 0 radical (unpaired) electrons. The highest BCUT2D eigenvalue weighted by Gasteiger charge is 2.23. The van der Waals surface area contributed by atoms with Crippen molar-refractivity contribution >= 4 is 28.7 Å². The van der Waals surface area contributed by atoms with E-state index in [0.29, 0.717) is 0 Å². The third kappa shape index (κ3) is 2.76. The van der Waals surface area contributed by atoms with Gasteiger partial charge in [-0.15, -0.1) is 0 Å². The molecule has 4 nitrogen and oxygen atoms in total. The number of thioether (sulfide) groups is 1. The molecule has 0 saturated carbocycles. The summed E-state index contributed by atoms with van der Waals surface area (Å²) in [6, 6.07) is 6.15. The van der Waals surface area contributed by atoms with Crippen molar-refractivity contribution in [3.8, 4) is 0 Å². The van der Waals surface area contributed by atoms with Crippen LogP contribution in [-0.2, 0) is 4.79 Å². The van der Waals surface area contributed by atoms with E-state index < -0.39 is 0 Å². The maximum Gasteiger partial charge on any atom is 0.233 e. The molecular weight excluding hydrogens is 258 g/mol. The first-order chi connectivity index (χ1) is 9.22. The summed E-state index contributed by atoms with van der Waals surface area (Å²) < 4.78 is 0. The first-order valence-electron chi connectivity index (χ1n) is 6.63. The summed E-state index contributed by atoms with van der Waals surface area (Å²) in [7, 11) is 0. The van der Waals surface area contributed by atoms with Gasteiger partial charge in [0.2, 0.25) is 5.91 Å². The number of amides is 1. The second-order valence-electron chi connectivity index (χ2n) is 4.96. The number of hydrogen-bond donors (Lipinski definition) is 2. The highest BCUT2D eigenvalue weighted by atomic mass is 32.2. The fourth-order valence-corrected chi connectivity index (χ4v) is 3.38. The largest absolute Gasteiger partial charge is 0.355 e. The molecule has 1 aliphatic rings. The summed E-state index contributed by atoms with van der Waals surface area (Å²) >= 11 is 1.54. The molecule has 1 aromatic heterocycles. The molecule has 1 aliphatic heterocycles. The molecule has 1 saturated heterocycles. The van der Waals surface area contributed by atoms with Gasteiger partial charge in [0.1, 0.15) is 0 Å². The molecule has 0 bridgehead atoms. The molecule has 1 aromatic carbocycles. The topological polar surface area (TPSA) is 57.8 Å². The third-order valence-corrected chi connectivity index (χ3v) is 4.51. The van der Waals surface area contributed by atoms with Crippen molar-refractivity contribution in [1.82, 2.24) is 15.3 Å². The van der Waals surface area contributed by atoms with Crippen LogP contribution in [0, 0.1) is 6.92 Å². The Morgan fingerprint density at radius 2 is 2.26 bits per heavy atom. The smallest absolute Gasteiger partial charge is 0.233 e. The number of hydrogen-bond acceptors (Lipinski definition) is 3. The van der Waals surface area contributed by atoms with E-state index in [4.69, 9.17) is 0 Å². The van der Waals surface area contributed by atoms with Crippen molar-refractivity contribution in [2.75, 3.05) is 6.54 Å². The molecule has 1 atom stereocenters. The average molecular weight is 275 g/mol. The molecule has 100 valence electrons. The lowest BCUT2D eigenvalue weighted by Gasteiger charge is -2.10. The highest BCUT2D eigenvalue weighted by molar-refractivity contribution is 8.00. The van der Waals surface area contributed by atoms with Crippen molar-refractivity contribution in [2.45, 2.75) is 36.6 Å². The van der Waals surface area contributed by atoms with Crippen LogP contribution in [0.5, 0.6) is 0 Å². The predicted molar refractivity (Wildman–Crippen MR) is 77.3 cm³/mol. The molecular formula is C14H17N3OS. The van der Waals surface area contributed by atoms with Crippen molar-refractivity contribution in [3.05, 3.63) is 23.8 Å². The van der Waals surface area contributed by atoms with Crippen molar-refractivity contribution < 1.29 is 4.79 Å². The van der Waals surface area contributed by atoms with Crippen molar-refractivity contribution in [1.29, 1.82) is 0 Å². The third-order valence-electron chi connectivity index (χ3n) is 3.35. The number of nitrogens with one attached hydrogen (secondary N) is 2. The Morgan fingerprint density at radius 3 is 3.16 bits per heavy atom. The summed E-state index contributed by atoms with van der Waals surface area (Å²) in [5.41, 5.74) is 3.21. The Labute approximate surface area is 116 Å². The maximum absolute atomic E-state index is 11.9. The normalized spacial score (nSPS) is 20.3. The van der Waals surface area contributed by atoms with Crippen LogP contribution in [0.3, 0.4) is 0 Å². The minimum Gasteiger partial charge on any atom is -0.355 e. The van der Waals surface area contributed by atoms with Gasteiger partial charge in [0, 0.05) is 6.54 Å². The molecule has 0 aliphatic carbocycles. The number of nitrogens with zero attached hydrogens (tertiary/aromatic N) is 1. The molecule has 5 heteroatoms. The monoisotopic (exact) mass is 275 g/mol. The molecule has 2 heterocycles. The van der Waals surface area contributed by atoms with Gasteiger partial charge in [0.25, 0.3) is 0 Å². The molecule has 0 spiro atoms. The summed E-state index contributed by atoms with van der Waals surface area (Å²) in [5, 5.41) is 3.77. The average Bonchev–Trinajstić information content (AvgIpc) is 2.66. The van der Waals surface area contributed by atoms with Crippen LogP contribution >= 0.6 is 11.8 Å². The van der Waals surface area contributed by atoms with E-state index in [2.05, 4.69) is 34.3 Å². The van der Waals surface area contributed by atoms with E-state index in [1.165, 1.54) is 17.3 Å². The van der Waals surface area contributed by atoms with Crippen LogP contribution in [0.15, 0.2) is 23.4 Å². The van der Waals surface area contributed by atoms with Gasteiger partial charge in [-0.2, -0.15) is 0 Å². The molecule has 0 unspecified atom stereocenters. The highest BCUT2D eigenvalue weighted by Crippen LogP contribution is 2.27. The SMILES string of the molecule is Cc1ccc2nc(S[C@H]3CCCCNC3=O)[nH]c2c1. The lowest BCUT2D eigenvalue weighted by atomic mass is 10.2. The van der Waals surface area contributed by atoms with Gasteiger partial charge in [-0.1, -0.05) is 24.2 Å². The van der Waals surface area contributed by atoms with Gasteiger partial charge in [0.05, 0.1) is 16.3 Å². The van der Waals surface area contributed by atoms with Crippen LogP contribution in [0.25, 0.3) is 11.0 Å². The van der Waals surface area contributed by atoms with E-state index in [9.17, 15) is 4.79 Å². The first-order valence-corrected chi connectivity index (χ1v) is 7.51. The quantitative estimate of drug-likeness (QED) is 0.886. The van der Waals surface area contributed by atoms with Gasteiger partial charge in [-0.3, -0.25) is 4.79 Å². The van der Waals surface area contributed by atoms with Crippen LogP contribution in [0.1, 0.15) is 24.8 Å². The maximum atomic E-state index is 11.9. The number of carbonyl (C=O) groups is 1. The van der Waals surface area contributed by atoms with E-state index in [0.717, 1.165) is 42.0 Å². The zero-order valence-corrected chi connectivity index (χ0v) is 11.7. The second kappa shape index (κ2) is 5.25. The van der Waals surface area contributed by atoms with E-state index in [1.807, 2.05) is 6.07 Å². The molecule has 19 heavy (non-hydrogen) atoms. The Bertz CT molecular complexity index is 608. The number of aromatic nitrogens is 2. The number of rotatable bonds is 2. The van der Waals surface area contributed by atoms with E-state index in [-0.39, 0.29) is 11.2 Å². The second-order valence-corrected chi connectivity index (χ2v) is 6.15. The lowest BCUT2D eigenvalue weighted by Crippen LogP contribution is -2.30. The molecule has 1 fully saturated rings. The molecule has 3 rings (SSSR count). The van der Waals surface area contributed by atoms with Gasteiger partial charge >= 0.3 is 0 Å². The van der Waals surface area contributed by atoms with Gasteiger partial charge < -0.3 is 10.3 Å². The fourth-order valence-electron chi connectivity index (χ4n) is 2.31.